The molecular formula is C14H24N2. The van der Waals surface area contributed by atoms with Crippen LogP contribution in [0.4, 0.5) is 0 Å². The lowest BCUT2D eigenvalue weighted by Gasteiger charge is -2.07. The summed E-state index contributed by atoms with van der Waals surface area (Å²) in [7, 11) is 0. The van der Waals surface area contributed by atoms with E-state index in [1.807, 2.05) is 0 Å². The SMILES string of the molecule is CCCCCCCc1nc2c([nH]1)CCCC2. The maximum absolute atomic E-state index is 4.71. The predicted molar refractivity (Wildman–Crippen MR) is 67.7 cm³/mol. The molecule has 0 aromatic carbocycles. The normalized spacial score (nSPS) is 15.1. The van der Waals surface area contributed by atoms with E-state index in [1.165, 1.54) is 75.0 Å². The van der Waals surface area contributed by atoms with Gasteiger partial charge in [0.1, 0.15) is 5.82 Å². The summed E-state index contributed by atoms with van der Waals surface area (Å²) in [6.45, 7) is 2.26. The molecule has 1 aliphatic carbocycles. The van der Waals surface area contributed by atoms with Gasteiger partial charge < -0.3 is 4.98 Å². The fraction of sp³-hybridized carbons (Fsp3) is 0.786. The highest BCUT2D eigenvalue weighted by Gasteiger charge is 2.13. The van der Waals surface area contributed by atoms with Crippen molar-refractivity contribution in [1.82, 2.24) is 9.97 Å². The Balaban J connectivity index is 1.74. The van der Waals surface area contributed by atoms with Gasteiger partial charge >= 0.3 is 0 Å². The van der Waals surface area contributed by atoms with Crippen molar-refractivity contribution in [1.29, 1.82) is 0 Å². The van der Waals surface area contributed by atoms with Gasteiger partial charge in [0.15, 0.2) is 0 Å². The van der Waals surface area contributed by atoms with Gasteiger partial charge in [-0.1, -0.05) is 32.6 Å². The van der Waals surface area contributed by atoms with E-state index < -0.39 is 0 Å². The average Bonchev–Trinajstić information content (AvgIpc) is 2.71. The Bertz CT molecular complexity index is 291. The molecule has 0 fully saturated rings. The second kappa shape index (κ2) is 6.07. The lowest BCUT2D eigenvalue weighted by Crippen LogP contribution is -2.00. The summed E-state index contributed by atoms with van der Waals surface area (Å²) in [6, 6.07) is 0. The molecule has 0 saturated heterocycles. The molecule has 0 spiro atoms. The monoisotopic (exact) mass is 220 g/mol. The van der Waals surface area contributed by atoms with E-state index in [0.717, 1.165) is 6.42 Å². The third-order valence-corrected chi connectivity index (χ3v) is 3.52. The zero-order valence-corrected chi connectivity index (χ0v) is 10.5. The number of imidazole rings is 1. The van der Waals surface area contributed by atoms with Crippen LogP contribution in [0.15, 0.2) is 0 Å². The van der Waals surface area contributed by atoms with Crippen molar-refractivity contribution < 1.29 is 0 Å². The first kappa shape index (κ1) is 11.7. The zero-order chi connectivity index (χ0) is 11.2. The molecule has 2 nitrogen and oxygen atoms in total. The molecule has 90 valence electrons. The molecule has 1 aromatic rings. The maximum Gasteiger partial charge on any atom is 0.106 e. The summed E-state index contributed by atoms with van der Waals surface area (Å²) in [4.78, 5) is 8.23. The molecule has 16 heavy (non-hydrogen) atoms. The summed E-state index contributed by atoms with van der Waals surface area (Å²) in [6.07, 6.45) is 13.0. The van der Waals surface area contributed by atoms with E-state index in [2.05, 4.69) is 11.9 Å². The van der Waals surface area contributed by atoms with Crippen LogP contribution in [-0.2, 0) is 19.3 Å². The first-order valence-electron chi connectivity index (χ1n) is 6.96. The molecule has 1 heterocycles. The third kappa shape index (κ3) is 3.10. The van der Waals surface area contributed by atoms with E-state index >= 15 is 0 Å². The number of H-pyrrole nitrogens is 1. The van der Waals surface area contributed by atoms with Gasteiger partial charge in [-0.2, -0.15) is 0 Å². The summed E-state index contributed by atoms with van der Waals surface area (Å²) in [5, 5.41) is 0. The fourth-order valence-electron chi connectivity index (χ4n) is 2.53. The van der Waals surface area contributed by atoms with Crippen molar-refractivity contribution in [2.75, 3.05) is 0 Å². The second-order valence-electron chi connectivity index (χ2n) is 4.98. The van der Waals surface area contributed by atoms with Crippen molar-refractivity contribution in [2.45, 2.75) is 71.1 Å². The number of hydrogen-bond acceptors (Lipinski definition) is 1. The molecule has 0 bridgehead atoms. The van der Waals surface area contributed by atoms with Crippen LogP contribution in [0.25, 0.3) is 0 Å². The van der Waals surface area contributed by atoms with E-state index in [-0.39, 0.29) is 0 Å². The number of hydrogen-bond donors (Lipinski definition) is 1. The molecule has 2 heteroatoms. The molecule has 1 aromatic heterocycles. The standard InChI is InChI=1S/C14H24N2/c1-2-3-4-5-6-11-14-15-12-9-7-8-10-13(12)16-14/h2-11H2,1H3,(H,15,16). The molecule has 0 saturated carbocycles. The second-order valence-corrected chi connectivity index (χ2v) is 4.98. The van der Waals surface area contributed by atoms with Crippen LogP contribution < -0.4 is 0 Å². The summed E-state index contributed by atoms with van der Waals surface area (Å²) in [5.41, 5.74) is 2.78. The first-order valence-corrected chi connectivity index (χ1v) is 6.96. The number of nitrogens with one attached hydrogen (secondary N) is 1. The van der Waals surface area contributed by atoms with Crippen LogP contribution >= 0.6 is 0 Å². The molecule has 0 unspecified atom stereocenters. The molecule has 0 radical (unpaired) electrons. The number of aromatic nitrogens is 2. The van der Waals surface area contributed by atoms with Crippen LogP contribution in [0.5, 0.6) is 0 Å². The van der Waals surface area contributed by atoms with Crippen molar-refractivity contribution in [3.8, 4) is 0 Å². The number of unbranched alkanes of at least 4 members (excludes halogenated alkanes) is 4. The number of aromatic amines is 1. The highest BCUT2D eigenvalue weighted by atomic mass is 14.9. The minimum atomic E-state index is 1.15. The van der Waals surface area contributed by atoms with E-state index in [9.17, 15) is 0 Å². The van der Waals surface area contributed by atoms with Crippen LogP contribution in [0.2, 0.25) is 0 Å². The van der Waals surface area contributed by atoms with Crippen molar-refractivity contribution in [3.63, 3.8) is 0 Å². The molecule has 1 aliphatic rings. The number of nitrogens with zero attached hydrogens (tertiary/aromatic N) is 1. The molecular weight excluding hydrogens is 196 g/mol. The van der Waals surface area contributed by atoms with Crippen molar-refractivity contribution >= 4 is 0 Å². The van der Waals surface area contributed by atoms with Gasteiger partial charge in [-0.05, 0) is 32.1 Å². The van der Waals surface area contributed by atoms with Gasteiger partial charge in [0.2, 0.25) is 0 Å². The van der Waals surface area contributed by atoms with Gasteiger partial charge in [0.25, 0.3) is 0 Å². The quantitative estimate of drug-likeness (QED) is 0.726. The van der Waals surface area contributed by atoms with Gasteiger partial charge in [0, 0.05) is 12.1 Å². The summed E-state index contributed by atoms with van der Waals surface area (Å²) in [5.74, 6) is 1.24. The van der Waals surface area contributed by atoms with Crippen molar-refractivity contribution in [2.24, 2.45) is 0 Å². The number of rotatable bonds is 6. The van der Waals surface area contributed by atoms with Crippen LogP contribution in [-0.4, -0.2) is 9.97 Å². The maximum atomic E-state index is 4.71. The Morgan fingerprint density at radius 2 is 1.88 bits per heavy atom. The number of fused-ring (bicyclic) bond motifs is 1. The minimum Gasteiger partial charge on any atom is -0.346 e. The summed E-state index contributed by atoms with van der Waals surface area (Å²) >= 11 is 0. The Morgan fingerprint density at radius 1 is 1.06 bits per heavy atom. The van der Waals surface area contributed by atoms with Gasteiger partial charge in [-0.15, -0.1) is 0 Å². The smallest absolute Gasteiger partial charge is 0.106 e. The Labute approximate surface area is 98.9 Å². The average molecular weight is 220 g/mol. The lowest BCUT2D eigenvalue weighted by molar-refractivity contribution is 0.624. The highest BCUT2D eigenvalue weighted by molar-refractivity contribution is 5.17. The van der Waals surface area contributed by atoms with Gasteiger partial charge in [-0.3, -0.25) is 0 Å². The van der Waals surface area contributed by atoms with Crippen molar-refractivity contribution in [3.05, 3.63) is 17.2 Å². The van der Waals surface area contributed by atoms with Crippen LogP contribution in [0, 0.1) is 0 Å². The van der Waals surface area contributed by atoms with E-state index in [1.54, 1.807) is 0 Å². The fourth-order valence-corrected chi connectivity index (χ4v) is 2.53. The van der Waals surface area contributed by atoms with E-state index in [4.69, 9.17) is 4.98 Å². The zero-order valence-electron chi connectivity index (χ0n) is 10.5. The minimum absolute atomic E-state index is 1.15. The Morgan fingerprint density at radius 3 is 2.69 bits per heavy atom. The topological polar surface area (TPSA) is 28.7 Å². The largest absolute Gasteiger partial charge is 0.346 e. The molecule has 2 rings (SSSR count). The Kier molecular flexibility index (Phi) is 4.44. The van der Waals surface area contributed by atoms with Gasteiger partial charge in [-0.25, -0.2) is 4.98 Å². The number of aryl methyl sites for hydroxylation is 3. The summed E-state index contributed by atoms with van der Waals surface area (Å²) < 4.78 is 0. The molecule has 1 N–H and O–H groups in total. The third-order valence-electron chi connectivity index (χ3n) is 3.52. The highest BCUT2D eigenvalue weighted by Crippen LogP contribution is 2.19. The van der Waals surface area contributed by atoms with Crippen LogP contribution in [0.1, 0.15) is 69.1 Å². The predicted octanol–water partition coefficient (Wildman–Crippen LogP) is 3.80. The molecule has 0 aliphatic heterocycles. The van der Waals surface area contributed by atoms with Gasteiger partial charge in [0.05, 0.1) is 5.69 Å². The Hall–Kier alpha value is -0.790. The molecule has 0 atom stereocenters. The first-order chi connectivity index (χ1) is 7.90. The van der Waals surface area contributed by atoms with Crippen LogP contribution in [0.3, 0.4) is 0 Å². The lowest BCUT2D eigenvalue weighted by atomic mass is 10.0. The molecule has 0 amide bonds. The van der Waals surface area contributed by atoms with E-state index in [0.29, 0.717) is 0 Å².